The molecule has 0 aliphatic carbocycles. The van der Waals surface area contributed by atoms with E-state index in [4.69, 9.17) is 5.73 Å². The number of aromatic amines is 1. The largest absolute Gasteiger partial charge is 0.368 e. The summed E-state index contributed by atoms with van der Waals surface area (Å²) >= 11 is 0. The fourth-order valence-electron chi connectivity index (χ4n) is 1.46. The third-order valence-corrected chi connectivity index (χ3v) is 2.01. The number of nitrogens with one attached hydrogen (secondary N) is 1. The fourth-order valence-corrected chi connectivity index (χ4v) is 1.46. The number of H-pyrrole nitrogens is 1. The van der Waals surface area contributed by atoms with Crippen molar-refractivity contribution in [1.29, 1.82) is 0 Å². The smallest absolute Gasteiger partial charge is 0.222 e. The molecule has 2 aromatic rings. The molecule has 0 saturated carbocycles. The Morgan fingerprint density at radius 1 is 1.43 bits per heavy atom. The maximum atomic E-state index is 5.59. The first kappa shape index (κ1) is 8.93. The predicted molar refractivity (Wildman–Crippen MR) is 54.6 cm³/mol. The fraction of sp³-hybridized carbons (Fsp3) is 0.444. The molecule has 0 amide bonds. The number of rotatable bonds is 2. The molecular weight excluding hydrogens is 178 g/mol. The van der Waals surface area contributed by atoms with Crippen LogP contribution >= 0.6 is 0 Å². The molecule has 2 aromatic heterocycles. The van der Waals surface area contributed by atoms with Crippen LogP contribution in [-0.2, 0) is 6.42 Å². The molecule has 5 heteroatoms. The van der Waals surface area contributed by atoms with Crippen molar-refractivity contribution in [2.24, 2.45) is 5.92 Å². The number of hydrogen-bond acceptors (Lipinski definition) is 4. The summed E-state index contributed by atoms with van der Waals surface area (Å²) < 4.78 is 0. The summed E-state index contributed by atoms with van der Waals surface area (Å²) in [5.74, 6) is 0.847. The highest BCUT2D eigenvalue weighted by molar-refractivity contribution is 5.77. The lowest BCUT2D eigenvalue weighted by molar-refractivity contribution is 0.639. The Balaban J connectivity index is 2.55. The van der Waals surface area contributed by atoms with E-state index in [0.717, 1.165) is 17.5 Å². The molecule has 0 atom stereocenters. The van der Waals surface area contributed by atoms with Crippen molar-refractivity contribution in [3.63, 3.8) is 0 Å². The summed E-state index contributed by atoms with van der Waals surface area (Å²) in [4.78, 5) is 8.27. The number of aromatic nitrogens is 4. The Hall–Kier alpha value is -1.65. The zero-order valence-corrected chi connectivity index (χ0v) is 8.28. The van der Waals surface area contributed by atoms with Crippen LogP contribution in [0.2, 0.25) is 0 Å². The lowest BCUT2D eigenvalue weighted by Gasteiger charge is -2.05. The topological polar surface area (TPSA) is 80.5 Å². The Bertz CT molecular complexity index is 445. The highest BCUT2D eigenvalue weighted by Crippen LogP contribution is 2.16. The van der Waals surface area contributed by atoms with Crippen LogP contribution < -0.4 is 5.73 Å². The Kier molecular flexibility index (Phi) is 2.07. The molecule has 0 fully saturated rings. The molecule has 2 heterocycles. The van der Waals surface area contributed by atoms with Crippen molar-refractivity contribution in [2.45, 2.75) is 20.3 Å². The summed E-state index contributed by atoms with van der Waals surface area (Å²) in [6.45, 7) is 4.29. The number of nitrogen functional groups attached to an aromatic ring is 1. The second-order valence-electron chi connectivity index (χ2n) is 3.76. The zero-order chi connectivity index (χ0) is 10.1. The van der Waals surface area contributed by atoms with Crippen molar-refractivity contribution < 1.29 is 0 Å². The van der Waals surface area contributed by atoms with Crippen LogP contribution in [-0.4, -0.2) is 20.2 Å². The van der Waals surface area contributed by atoms with Crippen LogP contribution in [0.3, 0.4) is 0 Å². The zero-order valence-electron chi connectivity index (χ0n) is 8.28. The molecule has 0 spiro atoms. The van der Waals surface area contributed by atoms with E-state index in [2.05, 4.69) is 34.0 Å². The second-order valence-corrected chi connectivity index (χ2v) is 3.76. The van der Waals surface area contributed by atoms with Crippen LogP contribution in [0.5, 0.6) is 0 Å². The van der Waals surface area contributed by atoms with Gasteiger partial charge in [-0.2, -0.15) is 10.1 Å². The SMILES string of the molecule is CC(C)Cc1nc(N)nc2[nH]ncc12. The van der Waals surface area contributed by atoms with Crippen molar-refractivity contribution in [1.82, 2.24) is 20.2 Å². The van der Waals surface area contributed by atoms with E-state index in [1.165, 1.54) is 0 Å². The lowest BCUT2D eigenvalue weighted by Crippen LogP contribution is -2.03. The van der Waals surface area contributed by atoms with E-state index in [-0.39, 0.29) is 0 Å². The molecule has 0 bridgehead atoms. The molecular formula is C9H13N5. The summed E-state index contributed by atoms with van der Waals surface area (Å²) in [7, 11) is 0. The molecule has 5 nitrogen and oxygen atoms in total. The molecule has 3 N–H and O–H groups in total. The minimum Gasteiger partial charge on any atom is -0.368 e. The number of anilines is 1. The third kappa shape index (κ3) is 1.53. The van der Waals surface area contributed by atoms with Gasteiger partial charge in [0.25, 0.3) is 0 Å². The highest BCUT2D eigenvalue weighted by Gasteiger charge is 2.08. The number of fused-ring (bicyclic) bond motifs is 1. The van der Waals surface area contributed by atoms with E-state index >= 15 is 0 Å². The van der Waals surface area contributed by atoms with Gasteiger partial charge in [0, 0.05) is 0 Å². The molecule has 0 saturated heterocycles. The van der Waals surface area contributed by atoms with Crippen LogP contribution in [0, 0.1) is 5.92 Å². The molecule has 74 valence electrons. The van der Waals surface area contributed by atoms with Crippen LogP contribution in [0.25, 0.3) is 11.0 Å². The standard InChI is InChI=1S/C9H13N5/c1-5(2)3-7-6-4-11-14-8(6)13-9(10)12-7/h4-5H,3H2,1-2H3,(H3,10,11,12,13,14). The molecule has 0 radical (unpaired) electrons. The van der Waals surface area contributed by atoms with E-state index in [0.29, 0.717) is 17.5 Å². The minimum absolute atomic E-state index is 0.303. The average Bonchev–Trinajstić information content (AvgIpc) is 2.50. The van der Waals surface area contributed by atoms with Gasteiger partial charge in [0.2, 0.25) is 5.95 Å². The molecule has 0 unspecified atom stereocenters. The minimum atomic E-state index is 0.303. The van der Waals surface area contributed by atoms with Gasteiger partial charge in [-0.05, 0) is 12.3 Å². The third-order valence-electron chi connectivity index (χ3n) is 2.01. The Morgan fingerprint density at radius 3 is 2.93 bits per heavy atom. The maximum Gasteiger partial charge on any atom is 0.222 e. The first-order valence-electron chi connectivity index (χ1n) is 4.62. The Morgan fingerprint density at radius 2 is 2.21 bits per heavy atom. The summed E-state index contributed by atoms with van der Waals surface area (Å²) in [6.07, 6.45) is 2.63. The van der Waals surface area contributed by atoms with Gasteiger partial charge in [-0.15, -0.1) is 0 Å². The monoisotopic (exact) mass is 191 g/mol. The van der Waals surface area contributed by atoms with Gasteiger partial charge < -0.3 is 5.73 Å². The van der Waals surface area contributed by atoms with Crippen molar-refractivity contribution in [3.8, 4) is 0 Å². The second kappa shape index (κ2) is 3.25. The summed E-state index contributed by atoms with van der Waals surface area (Å²) in [5, 5.41) is 7.69. The molecule has 14 heavy (non-hydrogen) atoms. The van der Waals surface area contributed by atoms with Gasteiger partial charge in [-0.3, -0.25) is 5.10 Å². The highest BCUT2D eigenvalue weighted by atomic mass is 15.2. The van der Waals surface area contributed by atoms with E-state index in [9.17, 15) is 0 Å². The molecule has 0 aromatic carbocycles. The summed E-state index contributed by atoms with van der Waals surface area (Å²) in [5.41, 5.74) is 7.27. The van der Waals surface area contributed by atoms with E-state index in [1.54, 1.807) is 6.20 Å². The van der Waals surface area contributed by atoms with Crippen LogP contribution in [0.4, 0.5) is 5.95 Å². The van der Waals surface area contributed by atoms with Crippen molar-refractivity contribution in [2.75, 3.05) is 5.73 Å². The average molecular weight is 191 g/mol. The van der Waals surface area contributed by atoms with Crippen LogP contribution in [0.15, 0.2) is 6.20 Å². The van der Waals surface area contributed by atoms with Crippen LogP contribution in [0.1, 0.15) is 19.5 Å². The first-order valence-corrected chi connectivity index (χ1v) is 4.62. The van der Waals surface area contributed by atoms with Gasteiger partial charge in [-0.25, -0.2) is 4.98 Å². The number of nitrogens with two attached hydrogens (primary N) is 1. The normalized spacial score (nSPS) is 11.4. The van der Waals surface area contributed by atoms with Gasteiger partial charge in [0.1, 0.15) is 0 Å². The molecule has 0 aliphatic rings. The van der Waals surface area contributed by atoms with E-state index in [1.807, 2.05) is 0 Å². The molecule has 0 aliphatic heterocycles. The predicted octanol–water partition coefficient (Wildman–Crippen LogP) is 1.13. The first-order chi connectivity index (χ1) is 6.66. The van der Waals surface area contributed by atoms with Crippen molar-refractivity contribution in [3.05, 3.63) is 11.9 Å². The van der Waals surface area contributed by atoms with Crippen molar-refractivity contribution >= 4 is 17.0 Å². The van der Waals surface area contributed by atoms with E-state index < -0.39 is 0 Å². The quantitative estimate of drug-likeness (QED) is 0.745. The summed E-state index contributed by atoms with van der Waals surface area (Å²) in [6, 6.07) is 0. The van der Waals surface area contributed by atoms with Gasteiger partial charge in [-0.1, -0.05) is 13.8 Å². The maximum absolute atomic E-state index is 5.59. The van der Waals surface area contributed by atoms with Gasteiger partial charge in [0.05, 0.1) is 17.3 Å². The van der Waals surface area contributed by atoms with Gasteiger partial charge >= 0.3 is 0 Å². The number of nitrogens with zero attached hydrogens (tertiary/aromatic N) is 3. The lowest BCUT2D eigenvalue weighted by atomic mass is 10.1. The molecule has 2 rings (SSSR count). The Labute approximate surface area is 81.7 Å². The number of hydrogen-bond donors (Lipinski definition) is 2. The van der Waals surface area contributed by atoms with Gasteiger partial charge in [0.15, 0.2) is 5.65 Å².